The molecule has 2 atom stereocenters. The highest BCUT2D eigenvalue weighted by Crippen LogP contribution is 2.29. The van der Waals surface area contributed by atoms with E-state index >= 15 is 0 Å². The number of fused-ring (bicyclic) bond motifs is 1. The van der Waals surface area contributed by atoms with Crippen LogP contribution in [-0.4, -0.2) is 45.7 Å². The number of nitrogens with one attached hydrogen (secondary N) is 3. The van der Waals surface area contributed by atoms with Gasteiger partial charge in [0.2, 0.25) is 0 Å². The average molecular weight is 441 g/mol. The molecular formula is C26H28N6O. The van der Waals surface area contributed by atoms with Crippen LogP contribution in [-0.2, 0) is 0 Å². The minimum atomic E-state index is -0.214. The van der Waals surface area contributed by atoms with E-state index in [1.54, 1.807) is 12.4 Å². The van der Waals surface area contributed by atoms with Crippen LogP contribution in [0.1, 0.15) is 30.9 Å². The van der Waals surface area contributed by atoms with Gasteiger partial charge in [-0.15, -0.1) is 0 Å². The van der Waals surface area contributed by atoms with Crippen LogP contribution in [0.3, 0.4) is 0 Å². The largest absolute Gasteiger partial charge is 0.329 e. The standard InChI is InChI=1S/C26H28N6O/c1-32-15-6-5-11-23(32)25(18-8-3-2-4-9-18)29-26(33)28-20-12-13-22-21(16-20)24(31-30-22)19-10-7-14-27-17-19/h2-4,7-10,12-14,16-17,23,25H,5-6,11,15H2,1H3,(H,30,31)(H2,28,29,33)/t23-,25-/m1/s1. The van der Waals surface area contributed by atoms with Gasteiger partial charge in [0.15, 0.2) is 0 Å². The number of carbonyl (C=O) groups is 1. The van der Waals surface area contributed by atoms with E-state index in [1.807, 2.05) is 48.5 Å². The third-order valence-corrected chi connectivity index (χ3v) is 6.41. The van der Waals surface area contributed by atoms with Crippen molar-refractivity contribution < 1.29 is 4.79 Å². The number of aromatic nitrogens is 3. The van der Waals surface area contributed by atoms with Gasteiger partial charge in [0.05, 0.1) is 11.6 Å². The lowest BCUT2D eigenvalue weighted by atomic mass is 9.91. The molecule has 33 heavy (non-hydrogen) atoms. The van der Waals surface area contributed by atoms with Crippen LogP contribution in [0, 0.1) is 0 Å². The topological polar surface area (TPSA) is 85.9 Å². The van der Waals surface area contributed by atoms with Crippen molar-refractivity contribution in [2.24, 2.45) is 0 Å². The van der Waals surface area contributed by atoms with E-state index in [4.69, 9.17) is 0 Å². The number of H-pyrrole nitrogens is 1. The molecule has 0 unspecified atom stereocenters. The molecule has 168 valence electrons. The van der Waals surface area contributed by atoms with Gasteiger partial charge >= 0.3 is 6.03 Å². The normalized spacial score (nSPS) is 17.5. The van der Waals surface area contributed by atoms with Crippen LogP contribution in [0.25, 0.3) is 22.2 Å². The predicted molar refractivity (Wildman–Crippen MR) is 131 cm³/mol. The lowest BCUT2D eigenvalue weighted by Crippen LogP contribution is -2.47. The first kappa shape index (κ1) is 21.2. The lowest BCUT2D eigenvalue weighted by Gasteiger charge is -2.38. The third-order valence-electron chi connectivity index (χ3n) is 6.41. The first-order valence-electron chi connectivity index (χ1n) is 11.4. The average Bonchev–Trinajstić information content (AvgIpc) is 3.27. The zero-order valence-electron chi connectivity index (χ0n) is 18.7. The molecule has 2 aromatic carbocycles. The number of hydrogen-bond acceptors (Lipinski definition) is 4. The minimum Gasteiger partial charge on any atom is -0.329 e. The summed E-state index contributed by atoms with van der Waals surface area (Å²) in [6.45, 7) is 1.05. The van der Waals surface area contributed by atoms with Crippen molar-refractivity contribution in [3.63, 3.8) is 0 Å². The number of amides is 2. The van der Waals surface area contributed by atoms with Gasteiger partial charge < -0.3 is 15.5 Å². The van der Waals surface area contributed by atoms with Gasteiger partial charge in [-0.05, 0) is 62.3 Å². The van der Waals surface area contributed by atoms with Crippen LogP contribution >= 0.6 is 0 Å². The molecule has 1 saturated heterocycles. The number of carbonyl (C=O) groups excluding carboxylic acids is 1. The fourth-order valence-corrected chi connectivity index (χ4v) is 4.71. The highest BCUT2D eigenvalue weighted by molar-refractivity contribution is 5.98. The molecular weight excluding hydrogens is 412 g/mol. The SMILES string of the molecule is CN1CCCC[C@@H]1[C@H](NC(=O)Nc1ccc2[nH]nc(-c3cccnc3)c2c1)c1ccccc1. The maximum Gasteiger partial charge on any atom is 0.319 e. The first-order chi connectivity index (χ1) is 16.2. The summed E-state index contributed by atoms with van der Waals surface area (Å²) in [6.07, 6.45) is 6.96. The Kier molecular flexibility index (Phi) is 6.04. The van der Waals surface area contributed by atoms with Crippen LogP contribution < -0.4 is 10.6 Å². The molecule has 0 spiro atoms. The van der Waals surface area contributed by atoms with E-state index in [2.05, 4.69) is 49.9 Å². The van der Waals surface area contributed by atoms with Crippen molar-refractivity contribution in [3.05, 3.63) is 78.6 Å². The van der Waals surface area contributed by atoms with Gasteiger partial charge in [-0.2, -0.15) is 5.10 Å². The summed E-state index contributed by atoms with van der Waals surface area (Å²) in [5, 5.41) is 14.7. The number of benzene rings is 2. The molecule has 2 amide bonds. The van der Waals surface area contributed by atoms with Crippen molar-refractivity contribution in [2.75, 3.05) is 18.9 Å². The summed E-state index contributed by atoms with van der Waals surface area (Å²) < 4.78 is 0. The predicted octanol–water partition coefficient (Wildman–Crippen LogP) is 4.97. The Hall–Kier alpha value is -3.71. The number of likely N-dealkylation sites (tertiary alicyclic amines) is 1. The molecule has 3 heterocycles. The number of likely N-dealkylation sites (N-methyl/N-ethyl adjacent to an activating group) is 1. The van der Waals surface area contributed by atoms with Crippen LogP contribution in [0.4, 0.5) is 10.5 Å². The zero-order chi connectivity index (χ0) is 22.6. The number of anilines is 1. The molecule has 0 bridgehead atoms. The molecule has 0 saturated carbocycles. The molecule has 7 heteroatoms. The number of urea groups is 1. The maximum atomic E-state index is 13.1. The van der Waals surface area contributed by atoms with Gasteiger partial charge in [0.1, 0.15) is 5.69 Å². The highest BCUT2D eigenvalue weighted by atomic mass is 16.2. The van der Waals surface area contributed by atoms with Crippen molar-refractivity contribution in [3.8, 4) is 11.3 Å². The van der Waals surface area contributed by atoms with Crippen LogP contribution in [0.15, 0.2) is 73.1 Å². The molecule has 1 fully saturated rings. The molecule has 7 nitrogen and oxygen atoms in total. The van der Waals surface area contributed by atoms with Crippen LogP contribution in [0.2, 0.25) is 0 Å². The van der Waals surface area contributed by atoms with Gasteiger partial charge in [-0.1, -0.05) is 36.8 Å². The molecule has 1 aliphatic heterocycles. The fourth-order valence-electron chi connectivity index (χ4n) is 4.71. The molecule has 4 aromatic rings. The van der Waals surface area contributed by atoms with E-state index in [-0.39, 0.29) is 18.1 Å². The summed E-state index contributed by atoms with van der Waals surface area (Å²) in [6, 6.07) is 19.8. The fraction of sp³-hybridized carbons (Fsp3) is 0.269. The Morgan fingerprint density at radius 2 is 2.00 bits per heavy atom. The van der Waals surface area contributed by atoms with Gasteiger partial charge in [-0.25, -0.2) is 4.79 Å². The summed E-state index contributed by atoms with van der Waals surface area (Å²) in [5.74, 6) is 0. The maximum absolute atomic E-state index is 13.1. The number of nitrogens with zero attached hydrogens (tertiary/aromatic N) is 3. The zero-order valence-corrected chi connectivity index (χ0v) is 18.7. The third kappa shape index (κ3) is 4.59. The highest BCUT2D eigenvalue weighted by Gasteiger charge is 2.30. The Balaban J connectivity index is 1.38. The second-order valence-electron chi connectivity index (χ2n) is 8.60. The Morgan fingerprint density at radius 3 is 2.79 bits per heavy atom. The smallest absolute Gasteiger partial charge is 0.319 e. The summed E-state index contributed by atoms with van der Waals surface area (Å²) >= 11 is 0. The summed E-state index contributed by atoms with van der Waals surface area (Å²) in [7, 11) is 2.14. The molecule has 3 N–H and O–H groups in total. The van der Waals surface area contributed by atoms with Crippen molar-refractivity contribution in [1.29, 1.82) is 0 Å². The number of aromatic amines is 1. The number of piperidine rings is 1. The molecule has 0 aliphatic carbocycles. The Bertz CT molecular complexity index is 1220. The minimum absolute atomic E-state index is 0.0832. The van der Waals surface area contributed by atoms with Crippen molar-refractivity contribution >= 4 is 22.6 Å². The number of pyridine rings is 1. The molecule has 1 aliphatic rings. The van der Waals surface area contributed by atoms with E-state index in [9.17, 15) is 4.79 Å². The second kappa shape index (κ2) is 9.42. The summed E-state index contributed by atoms with van der Waals surface area (Å²) in [4.78, 5) is 19.7. The molecule has 5 rings (SSSR count). The van der Waals surface area contributed by atoms with E-state index in [0.717, 1.165) is 46.4 Å². The van der Waals surface area contributed by atoms with Crippen LogP contribution in [0.5, 0.6) is 0 Å². The van der Waals surface area contributed by atoms with E-state index < -0.39 is 0 Å². The second-order valence-corrected chi connectivity index (χ2v) is 8.60. The Labute approximate surface area is 193 Å². The number of rotatable bonds is 5. The van der Waals surface area contributed by atoms with Gasteiger partial charge in [0.25, 0.3) is 0 Å². The van der Waals surface area contributed by atoms with Crippen molar-refractivity contribution in [2.45, 2.75) is 31.3 Å². The van der Waals surface area contributed by atoms with Gasteiger partial charge in [-0.3, -0.25) is 10.1 Å². The quantitative estimate of drug-likeness (QED) is 0.409. The number of hydrogen-bond donors (Lipinski definition) is 3. The van der Waals surface area contributed by atoms with E-state index in [1.165, 1.54) is 12.8 Å². The molecule has 2 aromatic heterocycles. The molecule has 0 radical (unpaired) electrons. The van der Waals surface area contributed by atoms with Gasteiger partial charge in [0, 0.05) is 35.1 Å². The van der Waals surface area contributed by atoms with Crippen molar-refractivity contribution in [1.82, 2.24) is 25.4 Å². The first-order valence-corrected chi connectivity index (χ1v) is 11.4. The summed E-state index contributed by atoms with van der Waals surface area (Å²) in [5.41, 5.74) is 4.49. The lowest BCUT2D eigenvalue weighted by molar-refractivity contribution is 0.147. The monoisotopic (exact) mass is 440 g/mol. The van der Waals surface area contributed by atoms with E-state index in [0.29, 0.717) is 0 Å². The Morgan fingerprint density at radius 1 is 1.12 bits per heavy atom.